The summed E-state index contributed by atoms with van der Waals surface area (Å²) in [5.41, 5.74) is 3.58. The van der Waals surface area contributed by atoms with Gasteiger partial charge in [0.15, 0.2) is 0 Å². The van der Waals surface area contributed by atoms with Crippen LogP contribution in [-0.2, 0) is 6.18 Å². The van der Waals surface area contributed by atoms with Crippen LogP contribution in [0.3, 0.4) is 0 Å². The molecule has 7 heteroatoms. The number of carbonyl (C=O) groups excluding carboxylic acids is 1. The number of amides is 2. The second-order valence-electron chi connectivity index (χ2n) is 2.65. The van der Waals surface area contributed by atoms with E-state index in [2.05, 4.69) is 0 Å². The molecule has 0 aromatic heterocycles. The van der Waals surface area contributed by atoms with E-state index in [0.717, 1.165) is 12.1 Å². The number of nitrogens with one attached hydrogen (secondary N) is 1. The van der Waals surface area contributed by atoms with Crippen molar-refractivity contribution in [1.29, 1.82) is 0 Å². The fourth-order valence-corrected chi connectivity index (χ4v) is 1.26. The second kappa shape index (κ2) is 3.98. The van der Waals surface area contributed by atoms with Gasteiger partial charge in [-0.25, -0.2) is 4.79 Å². The number of nitrogens with two attached hydrogens (primary N) is 1. The highest BCUT2D eigenvalue weighted by Crippen LogP contribution is 2.37. The van der Waals surface area contributed by atoms with Crippen molar-refractivity contribution in [2.45, 2.75) is 6.18 Å². The number of primary amides is 1. The van der Waals surface area contributed by atoms with Crippen molar-refractivity contribution in [3.05, 3.63) is 28.8 Å². The summed E-state index contributed by atoms with van der Waals surface area (Å²) < 4.78 is 37.0. The van der Waals surface area contributed by atoms with Gasteiger partial charge in [-0.2, -0.15) is 13.2 Å². The van der Waals surface area contributed by atoms with Gasteiger partial charge < -0.3 is 11.1 Å². The van der Waals surface area contributed by atoms with Gasteiger partial charge in [-0.1, -0.05) is 17.7 Å². The Hall–Kier alpha value is -1.43. The molecule has 0 atom stereocenters. The Balaban J connectivity index is 3.17. The second-order valence-corrected chi connectivity index (χ2v) is 3.03. The first-order valence-corrected chi connectivity index (χ1v) is 4.12. The third kappa shape index (κ3) is 2.76. The zero-order valence-electron chi connectivity index (χ0n) is 7.23. The average molecular weight is 239 g/mol. The van der Waals surface area contributed by atoms with Crippen LogP contribution >= 0.6 is 11.6 Å². The number of halogens is 4. The van der Waals surface area contributed by atoms with E-state index in [0.29, 0.717) is 0 Å². The third-order valence-electron chi connectivity index (χ3n) is 1.56. The molecule has 0 aliphatic carbocycles. The maximum absolute atomic E-state index is 12.3. The van der Waals surface area contributed by atoms with Crippen molar-refractivity contribution >= 4 is 23.3 Å². The Morgan fingerprint density at radius 1 is 1.40 bits per heavy atom. The van der Waals surface area contributed by atoms with Gasteiger partial charge in [-0.15, -0.1) is 0 Å². The summed E-state index contributed by atoms with van der Waals surface area (Å²) in [5.74, 6) is 0. The van der Waals surface area contributed by atoms with Crippen molar-refractivity contribution < 1.29 is 18.0 Å². The highest BCUT2D eigenvalue weighted by atomic mass is 35.5. The fraction of sp³-hybridized carbons (Fsp3) is 0.125. The molecular weight excluding hydrogens is 233 g/mol. The summed E-state index contributed by atoms with van der Waals surface area (Å²) >= 11 is 5.45. The molecule has 2 amide bonds. The Morgan fingerprint density at radius 3 is 2.47 bits per heavy atom. The molecule has 1 aromatic rings. The lowest BCUT2D eigenvalue weighted by molar-refractivity contribution is -0.137. The lowest BCUT2D eigenvalue weighted by Gasteiger charge is -2.11. The van der Waals surface area contributed by atoms with Crippen molar-refractivity contribution in [2.75, 3.05) is 5.32 Å². The molecule has 1 aromatic carbocycles. The molecular formula is C8H6ClF3N2O. The van der Waals surface area contributed by atoms with Gasteiger partial charge in [0.05, 0.1) is 16.3 Å². The lowest BCUT2D eigenvalue weighted by atomic mass is 10.2. The zero-order chi connectivity index (χ0) is 11.6. The van der Waals surface area contributed by atoms with E-state index in [1.54, 1.807) is 0 Å². The van der Waals surface area contributed by atoms with Crippen LogP contribution in [0.5, 0.6) is 0 Å². The fourth-order valence-electron chi connectivity index (χ4n) is 0.980. The first kappa shape index (κ1) is 11.6. The Morgan fingerprint density at radius 2 is 2.00 bits per heavy atom. The maximum atomic E-state index is 12.3. The summed E-state index contributed by atoms with van der Waals surface area (Å²) in [4.78, 5) is 10.5. The van der Waals surface area contributed by atoms with Gasteiger partial charge >= 0.3 is 12.2 Å². The molecule has 0 saturated carbocycles. The zero-order valence-corrected chi connectivity index (χ0v) is 7.99. The van der Waals surface area contributed by atoms with E-state index in [1.807, 2.05) is 5.32 Å². The van der Waals surface area contributed by atoms with E-state index in [-0.39, 0.29) is 5.69 Å². The van der Waals surface area contributed by atoms with Gasteiger partial charge in [0.2, 0.25) is 0 Å². The molecule has 15 heavy (non-hydrogen) atoms. The van der Waals surface area contributed by atoms with E-state index in [9.17, 15) is 18.0 Å². The number of urea groups is 1. The molecule has 0 aliphatic heterocycles. The first-order chi connectivity index (χ1) is 6.82. The topological polar surface area (TPSA) is 55.1 Å². The standard InChI is InChI=1S/C8H6ClF3N2O/c9-6-4(8(10,11)12)2-1-3-5(6)14-7(13)15/h1-3H,(H3,13,14,15). The number of hydrogen-bond donors (Lipinski definition) is 2. The molecule has 0 saturated heterocycles. The number of alkyl halides is 3. The normalized spacial score (nSPS) is 11.2. The van der Waals surface area contributed by atoms with Gasteiger partial charge in [-0.3, -0.25) is 0 Å². The quantitative estimate of drug-likeness (QED) is 0.777. The van der Waals surface area contributed by atoms with Gasteiger partial charge in [0.25, 0.3) is 0 Å². The smallest absolute Gasteiger partial charge is 0.351 e. The summed E-state index contributed by atoms with van der Waals surface area (Å²) in [6.07, 6.45) is -4.56. The number of anilines is 1. The monoisotopic (exact) mass is 238 g/mol. The predicted octanol–water partition coefficient (Wildman–Crippen LogP) is 2.85. The van der Waals surface area contributed by atoms with E-state index in [4.69, 9.17) is 17.3 Å². The van der Waals surface area contributed by atoms with Crippen LogP contribution in [-0.4, -0.2) is 6.03 Å². The van der Waals surface area contributed by atoms with Crippen molar-refractivity contribution in [3.8, 4) is 0 Å². The van der Waals surface area contributed by atoms with Crippen molar-refractivity contribution in [1.82, 2.24) is 0 Å². The molecule has 0 aliphatic rings. The van der Waals surface area contributed by atoms with Crippen molar-refractivity contribution in [3.63, 3.8) is 0 Å². The van der Waals surface area contributed by atoms with Gasteiger partial charge in [0, 0.05) is 0 Å². The molecule has 82 valence electrons. The molecule has 0 radical (unpaired) electrons. The maximum Gasteiger partial charge on any atom is 0.417 e. The number of hydrogen-bond acceptors (Lipinski definition) is 1. The van der Waals surface area contributed by atoms with Crippen LogP contribution in [0.2, 0.25) is 5.02 Å². The number of carbonyl (C=O) groups is 1. The average Bonchev–Trinajstić information content (AvgIpc) is 2.05. The van der Waals surface area contributed by atoms with Crippen molar-refractivity contribution in [2.24, 2.45) is 5.73 Å². The Bertz CT molecular complexity index is 392. The molecule has 0 spiro atoms. The molecule has 1 rings (SSSR count). The van der Waals surface area contributed by atoms with Crippen LogP contribution in [0, 0.1) is 0 Å². The van der Waals surface area contributed by atoms with Crippen LogP contribution in [0.25, 0.3) is 0 Å². The van der Waals surface area contributed by atoms with Crippen LogP contribution in [0.15, 0.2) is 18.2 Å². The van der Waals surface area contributed by atoms with Gasteiger partial charge in [-0.05, 0) is 12.1 Å². The summed E-state index contributed by atoms with van der Waals surface area (Å²) in [6, 6.07) is 2.19. The Kier molecular flexibility index (Phi) is 3.09. The summed E-state index contributed by atoms with van der Waals surface area (Å²) in [6.45, 7) is 0. The highest BCUT2D eigenvalue weighted by Gasteiger charge is 2.33. The largest absolute Gasteiger partial charge is 0.417 e. The molecule has 0 heterocycles. The Labute approximate surface area is 88.0 Å². The predicted molar refractivity (Wildman–Crippen MR) is 49.7 cm³/mol. The minimum atomic E-state index is -4.56. The van der Waals surface area contributed by atoms with E-state index < -0.39 is 22.8 Å². The lowest BCUT2D eigenvalue weighted by Crippen LogP contribution is -2.20. The molecule has 3 nitrogen and oxygen atoms in total. The summed E-state index contributed by atoms with van der Waals surface area (Å²) in [7, 11) is 0. The van der Waals surface area contributed by atoms with Gasteiger partial charge in [0.1, 0.15) is 0 Å². The van der Waals surface area contributed by atoms with E-state index in [1.165, 1.54) is 6.07 Å². The number of rotatable bonds is 1. The molecule has 0 unspecified atom stereocenters. The molecule has 0 fully saturated rings. The highest BCUT2D eigenvalue weighted by molar-refractivity contribution is 6.34. The van der Waals surface area contributed by atoms with Crippen LogP contribution in [0.1, 0.15) is 5.56 Å². The SMILES string of the molecule is NC(=O)Nc1cccc(C(F)(F)F)c1Cl. The first-order valence-electron chi connectivity index (χ1n) is 3.74. The van der Waals surface area contributed by atoms with Crippen LogP contribution in [0.4, 0.5) is 23.7 Å². The molecule has 3 N–H and O–H groups in total. The minimum absolute atomic E-state index is 0.168. The van der Waals surface area contributed by atoms with Crippen LogP contribution < -0.4 is 11.1 Å². The number of benzene rings is 1. The van der Waals surface area contributed by atoms with E-state index >= 15 is 0 Å². The molecule has 0 bridgehead atoms. The minimum Gasteiger partial charge on any atom is -0.351 e. The summed E-state index contributed by atoms with van der Waals surface area (Å²) in [5, 5.41) is 1.41. The third-order valence-corrected chi connectivity index (χ3v) is 1.97.